The lowest BCUT2D eigenvalue weighted by Crippen LogP contribution is -2.30. The number of aliphatic hydroxyl groups excluding tert-OH is 1. The number of rotatable bonds is 75. The second kappa shape index (κ2) is 70.7. The minimum atomic E-state index is -4.97. The van der Waals surface area contributed by atoms with Gasteiger partial charge in [0.15, 0.2) is 12.2 Å². The number of esters is 4. The summed E-state index contributed by atoms with van der Waals surface area (Å²) < 4.78 is 68.6. The highest BCUT2D eigenvalue weighted by Crippen LogP contribution is 2.45. The number of phosphoric ester groups is 2. The largest absolute Gasteiger partial charge is 0.472 e. The van der Waals surface area contributed by atoms with Crippen LogP contribution in [0.5, 0.6) is 0 Å². The van der Waals surface area contributed by atoms with Crippen molar-refractivity contribution in [2.45, 2.75) is 387 Å². The van der Waals surface area contributed by atoms with E-state index in [1.54, 1.807) is 0 Å². The third kappa shape index (κ3) is 73.1. The van der Waals surface area contributed by atoms with E-state index < -0.39 is 97.5 Å². The number of hydrogen-bond acceptors (Lipinski definition) is 15. The van der Waals surface area contributed by atoms with Crippen LogP contribution < -0.4 is 0 Å². The van der Waals surface area contributed by atoms with Crippen LogP contribution in [0.4, 0.5) is 0 Å². The molecule has 0 aliphatic carbocycles. The topological polar surface area (TPSA) is 237 Å². The van der Waals surface area contributed by atoms with Gasteiger partial charge in [-0.3, -0.25) is 37.3 Å². The molecule has 2 unspecified atom stereocenters. The average molecular weight is 1440 g/mol. The summed E-state index contributed by atoms with van der Waals surface area (Å²) in [6, 6.07) is 0. The molecule has 0 amide bonds. The van der Waals surface area contributed by atoms with Gasteiger partial charge in [-0.15, -0.1) is 0 Å². The Hall–Kier alpha value is -2.98. The van der Waals surface area contributed by atoms with Crippen molar-refractivity contribution in [2.24, 2.45) is 11.8 Å². The summed E-state index contributed by atoms with van der Waals surface area (Å²) in [5.74, 6) is -0.640. The minimum absolute atomic E-state index is 0.0823. The van der Waals surface area contributed by atoms with Gasteiger partial charge >= 0.3 is 39.5 Å². The predicted molar refractivity (Wildman–Crippen MR) is 404 cm³/mol. The number of hydrogen-bond donors (Lipinski definition) is 3. The van der Waals surface area contributed by atoms with Gasteiger partial charge in [-0.05, 0) is 88.9 Å². The van der Waals surface area contributed by atoms with Crippen molar-refractivity contribution in [3.05, 3.63) is 48.6 Å². The van der Waals surface area contributed by atoms with Gasteiger partial charge in [-0.25, -0.2) is 9.13 Å². The van der Waals surface area contributed by atoms with Crippen LogP contribution >= 0.6 is 15.6 Å². The average Bonchev–Trinajstić information content (AvgIpc) is 1.08. The van der Waals surface area contributed by atoms with Crippen molar-refractivity contribution in [3.8, 4) is 0 Å². The molecule has 0 aromatic heterocycles. The van der Waals surface area contributed by atoms with E-state index in [2.05, 4.69) is 90.2 Å². The van der Waals surface area contributed by atoms with Crippen molar-refractivity contribution < 1.29 is 80.2 Å². The first-order chi connectivity index (χ1) is 47.9. The summed E-state index contributed by atoms with van der Waals surface area (Å²) in [6.07, 6.45) is 65.4. The second-order valence-corrected chi connectivity index (χ2v) is 31.3. The number of carbonyl (C=O) groups is 4. The van der Waals surface area contributed by atoms with E-state index in [9.17, 15) is 43.2 Å². The summed E-state index contributed by atoms with van der Waals surface area (Å²) in [4.78, 5) is 73.0. The highest BCUT2D eigenvalue weighted by molar-refractivity contribution is 7.47. The molecule has 0 saturated carbocycles. The fraction of sp³-hybridized carbons (Fsp3) is 0.850. The van der Waals surface area contributed by atoms with Crippen LogP contribution in [0, 0.1) is 11.8 Å². The van der Waals surface area contributed by atoms with Crippen LogP contribution in [0.15, 0.2) is 48.6 Å². The number of ether oxygens (including phenoxy) is 4. The van der Waals surface area contributed by atoms with Crippen LogP contribution in [0.1, 0.15) is 369 Å². The van der Waals surface area contributed by atoms with Crippen molar-refractivity contribution in [1.29, 1.82) is 0 Å². The molecule has 580 valence electrons. The highest BCUT2D eigenvalue weighted by Gasteiger charge is 2.30. The quantitative estimate of drug-likeness (QED) is 0.0169. The van der Waals surface area contributed by atoms with E-state index >= 15 is 0 Å². The van der Waals surface area contributed by atoms with Gasteiger partial charge in [0.25, 0.3) is 0 Å². The summed E-state index contributed by atoms with van der Waals surface area (Å²) in [7, 11) is -9.94. The lowest BCUT2D eigenvalue weighted by atomic mass is 10.0. The number of phosphoric acid groups is 2. The lowest BCUT2D eigenvalue weighted by molar-refractivity contribution is -0.161. The minimum Gasteiger partial charge on any atom is -0.462 e. The first-order valence-corrected chi connectivity index (χ1v) is 43.1. The summed E-state index contributed by atoms with van der Waals surface area (Å²) >= 11 is 0. The molecule has 19 heteroatoms. The van der Waals surface area contributed by atoms with Gasteiger partial charge in [0.05, 0.1) is 26.4 Å². The first kappa shape index (κ1) is 96.0. The van der Waals surface area contributed by atoms with Crippen LogP contribution in [0.25, 0.3) is 0 Å². The van der Waals surface area contributed by atoms with E-state index in [1.165, 1.54) is 154 Å². The zero-order valence-electron chi connectivity index (χ0n) is 63.8. The molecule has 0 aliphatic heterocycles. The predicted octanol–water partition coefficient (Wildman–Crippen LogP) is 23.0. The van der Waals surface area contributed by atoms with Gasteiger partial charge in [-0.1, -0.05) is 315 Å². The zero-order valence-corrected chi connectivity index (χ0v) is 65.6. The fourth-order valence-corrected chi connectivity index (χ4v) is 12.9. The maximum Gasteiger partial charge on any atom is 0.472 e. The molecule has 0 aliphatic rings. The first-order valence-electron chi connectivity index (χ1n) is 40.1. The molecule has 0 saturated heterocycles. The van der Waals surface area contributed by atoms with Gasteiger partial charge in [0, 0.05) is 25.7 Å². The van der Waals surface area contributed by atoms with Crippen molar-refractivity contribution in [3.63, 3.8) is 0 Å². The number of aliphatic hydroxyl groups is 1. The molecule has 17 nitrogen and oxygen atoms in total. The van der Waals surface area contributed by atoms with Gasteiger partial charge in [0.1, 0.15) is 19.3 Å². The molecule has 0 fully saturated rings. The maximum absolute atomic E-state index is 13.1. The Morgan fingerprint density at radius 2 is 0.545 bits per heavy atom. The Balaban J connectivity index is 5.33. The molecule has 99 heavy (non-hydrogen) atoms. The summed E-state index contributed by atoms with van der Waals surface area (Å²) in [5, 5.41) is 10.6. The Morgan fingerprint density at radius 3 is 0.818 bits per heavy atom. The monoisotopic (exact) mass is 1440 g/mol. The molecule has 0 spiro atoms. The van der Waals surface area contributed by atoms with Gasteiger partial charge < -0.3 is 33.8 Å². The molecule has 0 radical (unpaired) electrons. The van der Waals surface area contributed by atoms with E-state index in [0.717, 1.165) is 134 Å². The van der Waals surface area contributed by atoms with E-state index in [-0.39, 0.29) is 25.7 Å². The van der Waals surface area contributed by atoms with Crippen LogP contribution in [0.3, 0.4) is 0 Å². The third-order valence-electron chi connectivity index (χ3n) is 17.5. The van der Waals surface area contributed by atoms with E-state index in [4.69, 9.17) is 37.0 Å². The fourth-order valence-electron chi connectivity index (χ4n) is 11.3. The number of carbonyl (C=O) groups excluding carboxylic acids is 4. The van der Waals surface area contributed by atoms with E-state index in [0.29, 0.717) is 25.7 Å². The number of allylic oxidation sites excluding steroid dienone is 8. The molecule has 0 bridgehead atoms. The standard InChI is InChI=1S/C80H148O17P2/c1-7-9-11-13-15-17-19-21-23-28-32-38-44-50-56-62-77(82)90-68-75(96-80(85)65-59-53-47-40-34-30-26-25-27-31-36-42-48-54-60-72(3)4)70-94-98(86,87)92-66-74(81)67-93-99(88,89)95-71-76(69-91-78(83)63-57-51-45-41-35-37-43-49-55-61-73(5)6)97-79(84)64-58-52-46-39-33-29-24-22-20-18-16-14-12-10-8-2/h17-24,72-76,81H,7-16,25-71H2,1-6H3,(H,86,87)(H,88,89)/b19-17-,20-18-,23-21-,24-22-/t74-,75-,76-/m1/s1. The van der Waals surface area contributed by atoms with Crippen molar-refractivity contribution in [2.75, 3.05) is 39.6 Å². The normalized spacial score (nSPS) is 14.3. The third-order valence-corrected chi connectivity index (χ3v) is 19.4. The maximum atomic E-state index is 13.1. The molecule has 0 rings (SSSR count). The molecular formula is C80H148O17P2. The molecule has 5 atom stereocenters. The summed E-state index contributed by atoms with van der Waals surface area (Å²) in [6.45, 7) is 9.49. The zero-order chi connectivity index (χ0) is 72.8. The second-order valence-electron chi connectivity index (χ2n) is 28.4. The van der Waals surface area contributed by atoms with Gasteiger partial charge in [-0.2, -0.15) is 0 Å². The molecule has 3 N–H and O–H groups in total. The smallest absolute Gasteiger partial charge is 0.462 e. The highest BCUT2D eigenvalue weighted by atomic mass is 31.2. The molecular weight excluding hydrogens is 1290 g/mol. The van der Waals surface area contributed by atoms with Crippen LogP contribution in [0.2, 0.25) is 0 Å². The SMILES string of the molecule is CCCCCC/C=C\C=C/CCCCCCCC(=O)OC[C@H](COP(=O)(O)OC[C@@H](O)COP(=O)(O)OC[C@@H](COC(=O)CCCCCCCCCCCC(C)C)OC(=O)CCCCCCC/C=C\C=C/CCCCCC)OC(=O)CCCCCCCCCCCCCCCCC(C)C. The Labute approximate surface area is 604 Å². The summed E-state index contributed by atoms with van der Waals surface area (Å²) in [5.41, 5.74) is 0. The van der Waals surface area contributed by atoms with E-state index in [1.807, 2.05) is 0 Å². The van der Waals surface area contributed by atoms with Crippen LogP contribution in [-0.4, -0.2) is 96.7 Å². The van der Waals surface area contributed by atoms with Crippen LogP contribution in [-0.2, 0) is 65.4 Å². The molecule has 0 aromatic rings. The van der Waals surface area contributed by atoms with Crippen molar-refractivity contribution >= 4 is 39.5 Å². The Bertz CT molecular complexity index is 2100. The Morgan fingerprint density at radius 1 is 0.313 bits per heavy atom. The van der Waals surface area contributed by atoms with Crippen molar-refractivity contribution in [1.82, 2.24) is 0 Å². The Kier molecular flexibility index (Phi) is 68.5. The lowest BCUT2D eigenvalue weighted by Gasteiger charge is -2.21. The number of unbranched alkanes of at least 4 members (excludes halogenated alkanes) is 39. The molecule has 0 aromatic carbocycles. The molecule has 0 heterocycles. The van der Waals surface area contributed by atoms with Gasteiger partial charge in [0.2, 0.25) is 0 Å².